The molecule has 0 aromatic heterocycles. The monoisotopic (exact) mass is 288 g/mol. The highest BCUT2D eigenvalue weighted by Gasteiger charge is 2.26. The van der Waals surface area contributed by atoms with E-state index < -0.39 is 0 Å². The molecule has 3 nitrogen and oxygen atoms in total. The van der Waals surface area contributed by atoms with Gasteiger partial charge in [0.25, 0.3) is 0 Å². The van der Waals surface area contributed by atoms with E-state index in [9.17, 15) is 4.91 Å². The second kappa shape index (κ2) is 7.69. The SMILES string of the molecule is CCCN(CCC)C1CCc2cccc(C(C)N=O)c2C1. The molecule has 0 heterocycles. The zero-order valence-corrected chi connectivity index (χ0v) is 13.6. The third-order valence-corrected chi connectivity index (χ3v) is 4.64. The van der Waals surface area contributed by atoms with Gasteiger partial charge < -0.3 is 4.90 Å². The Hall–Kier alpha value is -1.22. The summed E-state index contributed by atoms with van der Waals surface area (Å²) in [6.07, 6.45) is 5.85. The largest absolute Gasteiger partial charge is 0.300 e. The van der Waals surface area contributed by atoms with Gasteiger partial charge in [0, 0.05) is 6.04 Å². The average molecular weight is 288 g/mol. The molecule has 3 heteroatoms. The summed E-state index contributed by atoms with van der Waals surface area (Å²) in [5, 5.41) is 3.25. The molecule has 0 spiro atoms. The van der Waals surface area contributed by atoms with Crippen LogP contribution in [0, 0.1) is 4.91 Å². The smallest absolute Gasteiger partial charge is 0.114 e. The van der Waals surface area contributed by atoms with Crippen molar-refractivity contribution in [2.24, 2.45) is 5.18 Å². The van der Waals surface area contributed by atoms with Crippen LogP contribution in [0.2, 0.25) is 0 Å². The lowest BCUT2D eigenvalue weighted by molar-refractivity contribution is 0.179. The van der Waals surface area contributed by atoms with Gasteiger partial charge in [-0.05, 0) is 68.8 Å². The van der Waals surface area contributed by atoms with Gasteiger partial charge in [-0.1, -0.05) is 37.2 Å². The lowest BCUT2D eigenvalue weighted by Gasteiger charge is -2.36. The molecule has 2 unspecified atom stereocenters. The molecule has 0 bridgehead atoms. The fourth-order valence-corrected chi connectivity index (χ4v) is 3.61. The Morgan fingerprint density at radius 1 is 1.29 bits per heavy atom. The first-order chi connectivity index (χ1) is 10.2. The van der Waals surface area contributed by atoms with Crippen LogP contribution in [0.1, 0.15) is 62.8 Å². The van der Waals surface area contributed by atoms with Crippen LogP contribution in [0.3, 0.4) is 0 Å². The number of fused-ring (bicyclic) bond motifs is 1. The van der Waals surface area contributed by atoms with E-state index in [2.05, 4.69) is 42.1 Å². The molecule has 2 atom stereocenters. The van der Waals surface area contributed by atoms with Gasteiger partial charge in [0.1, 0.15) is 6.04 Å². The quantitative estimate of drug-likeness (QED) is 0.692. The fraction of sp³-hybridized carbons (Fsp3) is 0.667. The van der Waals surface area contributed by atoms with E-state index in [-0.39, 0.29) is 6.04 Å². The molecule has 0 aliphatic heterocycles. The second-order valence-electron chi connectivity index (χ2n) is 6.20. The van der Waals surface area contributed by atoms with Gasteiger partial charge in [0.05, 0.1) is 0 Å². The Morgan fingerprint density at radius 2 is 2.00 bits per heavy atom. The molecule has 1 aromatic carbocycles. The van der Waals surface area contributed by atoms with Gasteiger partial charge in [-0.15, -0.1) is 0 Å². The van der Waals surface area contributed by atoms with E-state index >= 15 is 0 Å². The van der Waals surface area contributed by atoms with Gasteiger partial charge in [0.15, 0.2) is 0 Å². The predicted molar refractivity (Wildman–Crippen MR) is 88.6 cm³/mol. The first kappa shape index (κ1) is 16.2. The van der Waals surface area contributed by atoms with Crippen LogP contribution in [0.5, 0.6) is 0 Å². The van der Waals surface area contributed by atoms with Crippen LogP contribution in [0.4, 0.5) is 0 Å². The van der Waals surface area contributed by atoms with Gasteiger partial charge in [-0.3, -0.25) is 0 Å². The van der Waals surface area contributed by atoms with E-state index in [1.165, 1.54) is 43.5 Å². The maximum atomic E-state index is 11.0. The van der Waals surface area contributed by atoms with Crippen LogP contribution >= 0.6 is 0 Å². The van der Waals surface area contributed by atoms with E-state index in [4.69, 9.17) is 0 Å². The topological polar surface area (TPSA) is 32.7 Å². The molecule has 0 fully saturated rings. The van der Waals surface area contributed by atoms with Crippen molar-refractivity contribution in [3.63, 3.8) is 0 Å². The molecule has 2 rings (SSSR count). The van der Waals surface area contributed by atoms with Crippen LogP contribution in [-0.2, 0) is 12.8 Å². The Kier molecular flexibility index (Phi) is 5.92. The number of hydrogen-bond acceptors (Lipinski definition) is 3. The minimum absolute atomic E-state index is 0.232. The Bertz CT molecular complexity index is 466. The molecule has 0 saturated carbocycles. The van der Waals surface area contributed by atoms with Gasteiger partial charge in [-0.25, -0.2) is 0 Å². The van der Waals surface area contributed by atoms with Crippen molar-refractivity contribution in [3.05, 3.63) is 39.8 Å². The standard InChI is InChI=1S/C18H28N2O/c1-4-11-20(12-5-2)16-10-9-15-7-6-8-17(14(3)19-21)18(15)13-16/h6-8,14,16H,4-5,9-13H2,1-3H3. The minimum Gasteiger partial charge on any atom is -0.300 e. The van der Waals surface area contributed by atoms with E-state index in [1.54, 1.807) is 0 Å². The van der Waals surface area contributed by atoms with E-state index in [0.717, 1.165) is 18.4 Å². The lowest BCUT2D eigenvalue weighted by atomic mass is 9.83. The summed E-state index contributed by atoms with van der Waals surface area (Å²) in [4.78, 5) is 13.6. The molecule has 0 N–H and O–H groups in total. The number of hydrogen-bond donors (Lipinski definition) is 0. The molecule has 116 valence electrons. The zero-order chi connectivity index (χ0) is 15.2. The molecule has 1 aromatic rings. The lowest BCUT2D eigenvalue weighted by Crippen LogP contribution is -2.40. The summed E-state index contributed by atoms with van der Waals surface area (Å²) in [7, 11) is 0. The minimum atomic E-state index is -0.232. The Morgan fingerprint density at radius 3 is 2.62 bits per heavy atom. The van der Waals surface area contributed by atoms with Crippen molar-refractivity contribution < 1.29 is 0 Å². The number of benzene rings is 1. The van der Waals surface area contributed by atoms with Crippen molar-refractivity contribution in [1.29, 1.82) is 0 Å². The first-order valence-corrected chi connectivity index (χ1v) is 8.38. The number of nitrogens with zero attached hydrogens (tertiary/aromatic N) is 2. The summed E-state index contributed by atoms with van der Waals surface area (Å²) >= 11 is 0. The maximum absolute atomic E-state index is 11.0. The van der Waals surface area contributed by atoms with E-state index in [1.807, 2.05) is 6.92 Å². The number of aryl methyl sites for hydroxylation is 1. The molecule has 0 saturated heterocycles. The highest BCUT2D eigenvalue weighted by molar-refractivity contribution is 5.39. The fourth-order valence-electron chi connectivity index (χ4n) is 3.61. The van der Waals surface area contributed by atoms with Crippen molar-refractivity contribution in [2.75, 3.05) is 13.1 Å². The van der Waals surface area contributed by atoms with Gasteiger partial charge in [-0.2, -0.15) is 4.91 Å². The number of rotatable bonds is 7. The van der Waals surface area contributed by atoms with Crippen LogP contribution in [0.25, 0.3) is 0 Å². The second-order valence-corrected chi connectivity index (χ2v) is 6.20. The van der Waals surface area contributed by atoms with Crippen LogP contribution < -0.4 is 0 Å². The molecule has 21 heavy (non-hydrogen) atoms. The van der Waals surface area contributed by atoms with Crippen molar-refractivity contribution in [2.45, 2.75) is 65.0 Å². The van der Waals surface area contributed by atoms with Crippen molar-refractivity contribution >= 4 is 0 Å². The third kappa shape index (κ3) is 3.70. The van der Waals surface area contributed by atoms with Crippen LogP contribution in [-0.4, -0.2) is 24.0 Å². The first-order valence-electron chi connectivity index (χ1n) is 8.38. The summed E-state index contributed by atoms with van der Waals surface area (Å²) < 4.78 is 0. The highest BCUT2D eigenvalue weighted by Crippen LogP contribution is 2.31. The molecule has 1 aliphatic carbocycles. The van der Waals surface area contributed by atoms with Gasteiger partial charge in [0.2, 0.25) is 0 Å². The molecule has 0 radical (unpaired) electrons. The summed E-state index contributed by atoms with van der Waals surface area (Å²) in [6.45, 7) is 8.77. The average Bonchev–Trinajstić information content (AvgIpc) is 2.53. The normalized spacial score (nSPS) is 19.3. The Labute approximate surface area is 128 Å². The number of nitroso groups, excluding NO2 is 1. The summed E-state index contributed by atoms with van der Waals surface area (Å²) in [5.74, 6) is 0. The van der Waals surface area contributed by atoms with Crippen molar-refractivity contribution in [3.8, 4) is 0 Å². The van der Waals surface area contributed by atoms with Crippen LogP contribution in [0.15, 0.2) is 23.4 Å². The highest BCUT2D eigenvalue weighted by atomic mass is 16.3. The third-order valence-electron chi connectivity index (χ3n) is 4.64. The molecule has 0 amide bonds. The molecular weight excluding hydrogens is 260 g/mol. The van der Waals surface area contributed by atoms with E-state index in [0.29, 0.717) is 6.04 Å². The molecule has 1 aliphatic rings. The van der Waals surface area contributed by atoms with Crippen molar-refractivity contribution in [1.82, 2.24) is 4.90 Å². The predicted octanol–water partition coefficient (Wildman–Crippen LogP) is 4.49. The summed E-state index contributed by atoms with van der Waals surface area (Å²) in [6, 6.07) is 6.77. The zero-order valence-electron chi connectivity index (χ0n) is 13.6. The maximum Gasteiger partial charge on any atom is 0.114 e. The Balaban J connectivity index is 2.23. The van der Waals surface area contributed by atoms with Gasteiger partial charge >= 0.3 is 0 Å². The molecular formula is C18H28N2O. The summed E-state index contributed by atoms with van der Waals surface area (Å²) in [5.41, 5.74) is 3.95.